The van der Waals surface area contributed by atoms with Crippen molar-refractivity contribution in [2.24, 2.45) is 0 Å². The fourth-order valence-corrected chi connectivity index (χ4v) is 6.38. The number of rotatable bonds is 4. The molecule has 11 heteroatoms. The Labute approximate surface area is 182 Å². The SMILES string of the molecule is CCn1cc(S(=O)(=O)N2CCN(C(=O)c3sc4cc(Cl)ccc4c3Cl)CC2)cn1. The van der Waals surface area contributed by atoms with E-state index in [2.05, 4.69) is 5.10 Å². The Morgan fingerprint density at radius 1 is 1.21 bits per heavy atom. The second-order valence-corrected chi connectivity index (χ2v) is 10.4. The summed E-state index contributed by atoms with van der Waals surface area (Å²) in [5, 5.41) is 5.82. The van der Waals surface area contributed by atoms with E-state index in [0.717, 1.165) is 10.1 Å². The predicted molar refractivity (Wildman–Crippen MR) is 114 cm³/mol. The molecule has 1 aliphatic rings. The van der Waals surface area contributed by atoms with Gasteiger partial charge in [0.2, 0.25) is 10.0 Å². The van der Waals surface area contributed by atoms with E-state index in [1.54, 1.807) is 27.8 Å². The average Bonchev–Trinajstić information content (AvgIpc) is 3.33. The molecule has 0 radical (unpaired) electrons. The Balaban J connectivity index is 1.49. The molecule has 1 aromatic carbocycles. The highest BCUT2D eigenvalue weighted by Crippen LogP contribution is 2.37. The molecule has 7 nitrogen and oxygen atoms in total. The summed E-state index contributed by atoms with van der Waals surface area (Å²) in [6, 6.07) is 5.32. The van der Waals surface area contributed by atoms with E-state index in [0.29, 0.717) is 34.6 Å². The number of carbonyl (C=O) groups excluding carboxylic acids is 1. The largest absolute Gasteiger partial charge is 0.335 e. The first-order chi connectivity index (χ1) is 13.8. The topological polar surface area (TPSA) is 75.5 Å². The van der Waals surface area contributed by atoms with Gasteiger partial charge in [0.05, 0.1) is 11.2 Å². The molecule has 1 saturated heterocycles. The lowest BCUT2D eigenvalue weighted by Crippen LogP contribution is -2.50. The van der Waals surface area contributed by atoms with Gasteiger partial charge in [0.25, 0.3) is 5.91 Å². The van der Waals surface area contributed by atoms with Crippen molar-refractivity contribution < 1.29 is 13.2 Å². The van der Waals surface area contributed by atoms with Crippen molar-refractivity contribution in [3.63, 3.8) is 0 Å². The molecule has 2 aromatic heterocycles. The molecule has 0 atom stereocenters. The number of aryl methyl sites for hydroxylation is 1. The number of benzene rings is 1. The molecule has 1 amide bonds. The van der Waals surface area contributed by atoms with Gasteiger partial charge in [-0.1, -0.05) is 29.3 Å². The molecule has 0 aliphatic carbocycles. The minimum atomic E-state index is -3.62. The summed E-state index contributed by atoms with van der Waals surface area (Å²) in [5.41, 5.74) is 0. The van der Waals surface area contributed by atoms with Gasteiger partial charge < -0.3 is 4.90 Å². The number of amides is 1. The number of fused-ring (bicyclic) bond motifs is 1. The monoisotopic (exact) mass is 472 g/mol. The lowest BCUT2D eigenvalue weighted by molar-refractivity contribution is 0.0703. The maximum atomic E-state index is 13.0. The Kier molecular flexibility index (Phi) is 5.60. The second-order valence-electron chi connectivity index (χ2n) is 6.61. The molecule has 0 unspecified atom stereocenters. The highest BCUT2D eigenvalue weighted by atomic mass is 35.5. The number of thiophene rings is 1. The summed E-state index contributed by atoms with van der Waals surface area (Å²) >= 11 is 13.8. The standard InChI is InChI=1S/C18H18Cl2N4O3S2/c1-2-23-11-13(10-21-23)29(26,27)24-7-5-22(6-8-24)18(25)17-16(20)14-4-3-12(19)9-15(14)28-17/h3-4,9-11H,2,5-8H2,1H3. The lowest BCUT2D eigenvalue weighted by atomic mass is 10.2. The van der Waals surface area contributed by atoms with Gasteiger partial charge in [-0.3, -0.25) is 9.48 Å². The van der Waals surface area contributed by atoms with Gasteiger partial charge in [0.1, 0.15) is 9.77 Å². The van der Waals surface area contributed by atoms with E-state index in [1.165, 1.54) is 28.0 Å². The van der Waals surface area contributed by atoms with E-state index < -0.39 is 10.0 Å². The molecule has 0 N–H and O–H groups in total. The molecule has 4 rings (SSSR count). The molecule has 3 heterocycles. The Morgan fingerprint density at radius 3 is 2.59 bits per heavy atom. The number of hydrogen-bond donors (Lipinski definition) is 0. The van der Waals surface area contributed by atoms with Gasteiger partial charge in [-0.25, -0.2) is 8.42 Å². The Hall–Kier alpha value is -1.65. The van der Waals surface area contributed by atoms with Crippen LogP contribution >= 0.6 is 34.5 Å². The predicted octanol–water partition coefficient (Wildman–Crippen LogP) is 3.57. The van der Waals surface area contributed by atoms with E-state index >= 15 is 0 Å². The fraction of sp³-hybridized carbons (Fsp3) is 0.333. The van der Waals surface area contributed by atoms with Crippen LogP contribution in [0, 0.1) is 0 Å². The van der Waals surface area contributed by atoms with Crippen LogP contribution in [0.25, 0.3) is 10.1 Å². The van der Waals surface area contributed by atoms with Gasteiger partial charge in [0, 0.05) is 54.0 Å². The highest BCUT2D eigenvalue weighted by Gasteiger charge is 2.32. The first-order valence-corrected chi connectivity index (χ1v) is 12.0. The summed E-state index contributed by atoms with van der Waals surface area (Å²) < 4.78 is 29.4. The zero-order chi connectivity index (χ0) is 20.8. The third kappa shape index (κ3) is 3.77. The van der Waals surface area contributed by atoms with Gasteiger partial charge in [0.15, 0.2) is 0 Å². The van der Waals surface area contributed by atoms with Crippen molar-refractivity contribution in [2.75, 3.05) is 26.2 Å². The van der Waals surface area contributed by atoms with Gasteiger partial charge >= 0.3 is 0 Å². The zero-order valence-corrected chi connectivity index (χ0v) is 18.7. The summed E-state index contributed by atoms with van der Waals surface area (Å²) in [6.07, 6.45) is 2.88. The van der Waals surface area contributed by atoms with E-state index in [4.69, 9.17) is 23.2 Å². The lowest BCUT2D eigenvalue weighted by Gasteiger charge is -2.33. The number of aromatic nitrogens is 2. The van der Waals surface area contributed by atoms with E-state index in [1.807, 2.05) is 6.92 Å². The van der Waals surface area contributed by atoms with Gasteiger partial charge in [-0.2, -0.15) is 9.40 Å². The first kappa shape index (κ1) is 20.6. The van der Waals surface area contributed by atoms with Crippen LogP contribution in [-0.2, 0) is 16.6 Å². The number of sulfonamides is 1. The van der Waals surface area contributed by atoms with Crippen LogP contribution in [0.5, 0.6) is 0 Å². The number of nitrogens with zero attached hydrogens (tertiary/aromatic N) is 4. The number of halogens is 2. The molecular weight excluding hydrogens is 455 g/mol. The van der Waals surface area contributed by atoms with Crippen LogP contribution in [0.4, 0.5) is 0 Å². The second kappa shape index (κ2) is 7.88. The van der Waals surface area contributed by atoms with Crippen LogP contribution in [0.3, 0.4) is 0 Å². The Bertz CT molecular complexity index is 1180. The summed E-state index contributed by atoms with van der Waals surface area (Å²) in [7, 11) is -3.62. The van der Waals surface area contributed by atoms with Gasteiger partial charge in [-0.05, 0) is 19.1 Å². The smallest absolute Gasteiger partial charge is 0.265 e. The third-order valence-electron chi connectivity index (χ3n) is 4.88. The van der Waals surface area contributed by atoms with Crippen molar-refractivity contribution in [1.29, 1.82) is 0 Å². The normalized spacial score (nSPS) is 15.9. The van der Waals surface area contributed by atoms with Crippen molar-refractivity contribution in [2.45, 2.75) is 18.4 Å². The van der Waals surface area contributed by atoms with Crippen molar-refractivity contribution >= 4 is 60.6 Å². The summed E-state index contributed by atoms with van der Waals surface area (Å²) in [6.45, 7) is 3.52. The van der Waals surface area contributed by atoms with Crippen molar-refractivity contribution in [1.82, 2.24) is 19.0 Å². The minimum absolute atomic E-state index is 0.170. The Morgan fingerprint density at radius 2 is 1.93 bits per heavy atom. The van der Waals surface area contributed by atoms with Crippen LogP contribution in [0.1, 0.15) is 16.6 Å². The van der Waals surface area contributed by atoms with Crippen LogP contribution in [0.2, 0.25) is 10.0 Å². The number of hydrogen-bond acceptors (Lipinski definition) is 5. The third-order valence-corrected chi connectivity index (χ3v) is 8.61. The molecular formula is C18H18Cl2N4O3S2. The first-order valence-electron chi connectivity index (χ1n) is 9.00. The summed E-state index contributed by atoms with van der Waals surface area (Å²) in [5.74, 6) is -0.192. The molecule has 1 fully saturated rings. The van der Waals surface area contributed by atoms with E-state index in [9.17, 15) is 13.2 Å². The summed E-state index contributed by atoms with van der Waals surface area (Å²) in [4.78, 5) is 15.2. The van der Waals surface area contributed by atoms with E-state index in [-0.39, 0.29) is 23.9 Å². The molecule has 154 valence electrons. The molecule has 0 bridgehead atoms. The number of carbonyl (C=O) groups is 1. The molecule has 29 heavy (non-hydrogen) atoms. The van der Waals surface area contributed by atoms with Crippen molar-refractivity contribution in [3.05, 3.63) is 45.5 Å². The molecule has 1 aliphatic heterocycles. The van der Waals surface area contributed by atoms with Gasteiger partial charge in [-0.15, -0.1) is 11.3 Å². The van der Waals surface area contributed by atoms with Crippen LogP contribution < -0.4 is 0 Å². The molecule has 0 saturated carbocycles. The molecule has 0 spiro atoms. The fourth-order valence-electron chi connectivity index (χ4n) is 3.25. The number of piperazine rings is 1. The average molecular weight is 473 g/mol. The minimum Gasteiger partial charge on any atom is -0.335 e. The van der Waals surface area contributed by atoms with Crippen LogP contribution in [-0.4, -0.2) is 59.5 Å². The van der Waals surface area contributed by atoms with Crippen LogP contribution in [0.15, 0.2) is 35.5 Å². The van der Waals surface area contributed by atoms with Crippen molar-refractivity contribution in [3.8, 4) is 0 Å². The highest BCUT2D eigenvalue weighted by molar-refractivity contribution is 7.89. The maximum Gasteiger partial charge on any atom is 0.265 e. The quantitative estimate of drug-likeness (QED) is 0.581. The maximum absolute atomic E-state index is 13.0. The molecule has 3 aromatic rings. The zero-order valence-electron chi connectivity index (χ0n) is 15.5.